The van der Waals surface area contributed by atoms with Gasteiger partial charge in [-0.1, -0.05) is 18.2 Å². The van der Waals surface area contributed by atoms with E-state index >= 15 is 0 Å². The van der Waals surface area contributed by atoms with Gasteiger partial charge in [0.15, 0.2) is 0 Å². The lowest BCUT2D eigenvalue weighted by atomic mass is 10.1. The summed E-state index contributed by atoms with van der Waals surface area (Å²) in [5, 5.41) is 3.94. The first kappa shape index (κ1) is 12.0. The van der Waals surface area contributed by atoms with Crippen molar-refractivity contribution in [2.45, 2.75) is 6.54 Å². The molecule has 3 N–H and O–H groups in total. The van der Waals surface area contributed by atoms with Gasteiger partial charge in [0, 0.05) is 17.8 Å². The Morgan fingerprint density at radius 1 is 1.28 bits per heavy atom. The highest BCUT2D eigenvalue weighted by Crippen LogP contribution is 2.09. The van der Waals surface area contributed by atoms with Crippen LogP contribution in [-0.2, 0) is 6.54 Å². The van der Waals surface area contributed by atoms with Crippen LogP contribution in [-0.4, -0.2) is 15.7 Å². The molecule has 0 atom stereocenters. The van der Waals surface area contributed by atoms with Crippen LogP contribution in [0.15, 0.2) is 47.4 Å². The molecule has 0 aliphatic rings. The van der Waals surface area contributed by atoms with Crippen LogP contribution in [0.3, 0.4) is 0 Å². The first-order valence-corrected chi connectivity index (χ1v) is 5.33. The number of hydrogen-bond donors (Lipinski definition) is 2. The molecule has 1 amide bonds. The first-order chi connectivity index (χ1) is 8.72. The molecule has 2 rings (SSSR count). The Balaban J connectivity index is 2.38. The Labute approximate surface area is 103 Å². The third kappa shape index (κ3) is 2.44. The number of nitrogens with two attached hydrogens (primary N) is 1. The summed E-state index contributed by atoms with van der Waals surface area (Å²) in [7, 11) is 0. The summed E-state index contributed by atoms with van der Waals surface area (Å²) in [5.41, 5.74) is 2.96. The predicted octanol–water partition coefficient (Wildman–Crippen LogP) is -0.105. The lowest BCUT2D eigenvalue weighted by Crippen LogP contribution is -2.31. The van der Waals surface area contributed by atoms with Crippen molar-refractivity contribution in [2.75, 3.05) is 0 Å². The number of amides is 1. The molecule has 0 aliphatic heterocycles. The Morgan fingerprint density at radius 3 is 2.78 bits per heavy atom. The van der Waals surface area contributed by atoms with Gasteiger partial charge < -0.3 is 0 Å². The summed E-state index contributed by atoms with van der Waals surface area (Å²) in [6.07, 6.45) is 1.52. The van der Waals surface area contributed by atoms with E-state index < -0.39 is 5.91 Å². The van der Waals surface area contributed by atoms with Gasteiger partial charge in [0.2, 0.25) is 0 Å². The Kier molecular flexibility index (Phi) is 3.49. The van der Waals surface area contributed by atoms with Crippen LogP contribution in [0.4, 0.5) is 0 Å². The number of aromatic nitrogens is 2. The third-order valence-electron chi connectivity index (χ3n) is 2.50. The molecule has 0 saturated carbocycles. The van der Waals surface area contributed by atoms with E-state index in [1.54, 1.807) is 30.3 Å². The fourth-order valence-corrected chi connectivity index (χ4v) is 1.62. The van der Waals surface area contributed by atoms with Crippen molar-refractivity contribution >= 4 is 5.91 Å². The number of hydrogen-bond acceptors (Lipinski definition) is 4. The largest absolute Gasteiger partial charge is 0.290 e. The number of nitrogens with zero attached hydrogens (tertiary/aromatic N) is 2. The van der Waals surface area contributed by atoms with Crippen molar-refractivity contribution in [3.8, 4) is 0 Å². The summed E-state index contributed by atoms with van der Waals surface area (Å²) in [4.78, 5) is 23.1. The zero-order valence-electron chi connectivity index (χ0n) is 9.54. The highest BCUT2D eigenvalue weighted by atomic mass is 16.2. The van der Waals surface area contributed by atoms with Crippen molar-refractivity contribution in [1.29, 1.82) is 0 Å². The van der Waals surface area contributed by atoms with Crippen LogP contribution in [0, 0.1) is 0 Å². The normalized spacial score (nSPS) is 10.1. The second-order valence-electron chi connectivity index (χ2n) is 3.65. The minimum atomic E-state index is -0.394. The molecule has 18 heavy (non-hydrogen) atoms. The maximum absolute atomic E-state index is 11.6. The Hall–Kier alpha value is -2.47. The molecule has 6 heteroatoms. The number of nitrogens with one attached hydrogen (secondary N) is 1. The summed E-state index contributed by atoms with van der Waals surface area (Å²) in [6.45, 7) is 0.225. The van der Waals surface area contributed by atoms with Gasteiger partial charge in [-0.25, -0.2) is 10.5 Å². The van der Waals surface area contributed by atoms with Gasteiger partial charge in [-0.3, -0.25) is 15.0 Å². The average Bonchev–Trinajstić information content (AvgIpc) is 2.41. The number of carbonyl (C=O) groups excluding carboxylic acids is 1. The summed E-state index contributed by atoms with van der Waals surface area (Å²) < 4.78 is 1.28. The molecular formula is C12H12N4O2. The van der Waals surface area contributed by atoms with E-state index in [4.69, 9.17) is 5.84 Å². The van der Waals surface area contributed by atoms with Crippen molar-refractivity contribution in [3.05, 3.63) is 64.1 Å². The smallest absolute Gasteiger partial charge is 0.267 e. The van der Waals surface area contributed by atoms with Crippen LogP contribution in [0.5, 0.6) is 0 Å². The second kappa shape index (κ2) is 5.24. The molecule has 0 unspecified atom stereocenters. The molecule has 0 bridgehead atoms. The molecule has 1 heterocycles. The van der Waals surface area contributed by atoms with Crippen LogP contribution in [0.25, 0.3) is 0 Å². The molecule has 92 valence electrons. The van der Waals surface area contributed by atoms with Gasteiger partial charge in [0.1, 0.15) is 0 Å². The first-order valence-electron chi connectivity index (χ1n) is 5.33. The standard InChI is InChI=1S/C12H12N4O2/c13-15-12(18)10-5-2-1-4-9(10)8-16-11(17)6-3-7-14-16/h1-7H,8,13H2,(H,15,18). The molecule has 0 radical (unpaired) electrons. The average molecular weight is 244 g/mol. The Morgan fingerprint density at radius 2 is 2.06 bits per heavy atom. The number of benzene rings is 1. The van der Waals surface area contributed by atoms with E-state index in [2.05, 4.69) is 10.5 Å². The van der Waals surface area contributed by atoms with Gasteiger partial charge in [0.25, 0.3) is 11.5 Å². The SMILES string of the molecule is NNC(=O)c1ccccc1Cn1ncccc1=O. The minimum absolute atomic E-state index is 0.222. The summed E-state index contributed by atoms with van der Waals surface area (Å²) in [5.74, 6) is 4.72. The van der Waals surface area contributed by atoms with E-state index in [0.29, 0.717) is 11.1 Å². The molecular weight excluding hydrogens is 232 g/mol. The van der Waals surface area contributed by atoms with Crippen molar-refractivity contribution < 1.29 is 4.79 Å². The van der Waals surface area contributed by atoms with Crippen LogP contribution in [0.2, 0.25) is 0 Å². The fourth-order valence-electron chi connectivity index (χ4n) is 1.62. The van der Waals surface area contributed by atoms with E-state index in [1.807, 2.05) is 0 Å². The maximum Gasteiger partial charge on any atom is 0.267 e. The second-order valence-corrected chi connectivity index (χ2v) is 3.65. The minimum Gasteiger partial charge on any atom is -0.290 e. The van der Waals surface area contributed by atoms with E-state index in [0.717, 1.165) is 0 Å². The molecule has 0 saturated heterocycles. The van der Waals surface area contributed by atoms with Gasteiger partial charge in [-0.2, -0.15) is 5.10 Å². The van der Waals surface area contributed by atoms with Crippen molar-refractivity contribution in [3.63, 3.8) is 0 Å². The molecule has 0 fully saturated rings. The van der Waals surface area contributed by atoms with E-state index in [9.17, 15) is 9.59 Å². The maximum atomic E-state index is 11.6. The van der Waals surface area contributed by atoms with Crippen molar-refractivity contribution in [2.24, 2.45) is 5.84 Å². The van der Waals surface area contributed by atoms with Gasteiger partial charge >= 0.3 is 0 Å². The van der Waals surface area contributed by atoms with E-state index in [1.165, 1.54) is 16.9 Å². The molecule has 0 aliphatic carbocycles. The topological polar surface area (TPSA) is 90.0 Å². The summed E-state index contributed by atoms with van der Waals surface area (Å²) in [6, 6.07) is 9.90. The summed E-state index contributed by atoms with van der Waals surface area (Å²) >= 11 is 0. The molecule has 6 nitrogen and oxygen atoms in total. The van der Waals surface area contributed by atoms with Crippen molar-refractivity contribution in [1.82, 2.24) is 15.2 Å². The van der Waals surface area contributed by atoms with Crippen LogP contribution < -0.4 is 16.8 Å². The number of hydrazine groups is 1. The molecule has 2 aromatic rings. The number of carbonyl (C=O) groups is 1. The predicted molar refractivity (Wildman–Crippen MR) is 65.7 cm³/mol. The zero-order valence-corrected chi connectivity index (χ0v) is 9.54. The van der Waals surface area contributed by atoms with Gasteiger partial charge in [0.05, 0.1) is 6.54 Å². The van der Waals surface area contributed by atoms with E-state index in [-0.39, 0.29) is 12.1 Å². The molecule has 1 aromatic carbocycles. The van der Waals surface area contributed by atoms with Gasteiger partial charge in [-0.15, -0.1) is 0 Å². The number of rotatable bonds is 3. The monoisotopic (exact) mass is 244 g/mol. The highest BCUT2D eigenvalue weighted by Gasteiger charge is 2.10. The molecule has 1 aromatic heterocycles. The highest BCUT2D eigenvalue weighted by molar-refractivity contribution is 5.95. The lowest BCUT2D eigenvalue weighted by molar-refractivity contribution is 0.0952. The zero-order chi connectivity index (χ0) is 13.0. The Bertz CT molecular complexity index is 621. The number of nitrogen functional groups attached to an aromatic ring is 1. The fraction of sp³-hybridized carbons (Fsp3) is 0.0833. The third-order valence-corrected chi connectivity index (χ3v) is 2.50. The molecule has 0 spiro atoms. The van der Waals surface area contributed by atoms with Gasteiger partial charge in [-0.05, 0) is 17.7 Å². The van der Waals surface area contributed by atoms with Crippen LogP contribution in [0.1, 0.15) is 15.9 Å². The van der Waals surface area contributed by atoms with Crippen LogP contribution >= 0.6 is 0 Å². The quantitative estimate of drug-likeness (QED) is 0.448. The lowest BCUT2D eigenvalue weighted by Gasteiger charge is -2.08.